The number of amides is 1. The number of hydrogen-bond acceptors (Lipinski definition) is 4. The van der Waals surface area contributed by atoms with Crippen molar-refractivity contribution in [2.24, 2.45) is 10.7 Å². The van der Waals surface area contributed by atoms with E-state index in [2.05, 4.69) is 20.0 Å². The maximum Gasteiger partial charge on any atom is 0.425 e. The van der Waals surface area contributed by atoms with Crippen LogP contribution in [0.15, 0.2) is 35.5 Å². The van der Waals surface area contributed by atoms with E-state index >= 15 is 0 Å². The third-order valence-corrected chi connectivity index (χ3v) is 3.80. The molecule has 0 aliphatic rings. The Morgan fingerprint density at radius 1 is 1.34 bits per heavy atom. The van der Waals surface area contributed by atoms with Gasteiger partial charge in [0.25, 0.3) is 11.9 Å². The minimum absolute atomic E-state index is 0.0934. The van der Waals surface area contributed by atoms with Crippen molar-refractivity contribution in [3.05, 3.63) is 58.4 Å². The fourth-order valence-electron chi connectivity index (χ4n) is 2.19. The molecule has 12 heteroatoms. The molecule has 0 saturated heterocycles. The Morgan fingerprint density at radius 2 is 2.03 bits per heavy atom. The van der Waals surface area contributed by atoms with Crippen molar-refractivity contribution in [3.8, 4) is 0 Å². The lowest BCUT2D eigenvalue weighted by atomic mass is 10.1. The van der Waals surface area contributed by atoms with Gasteiger partial charge >= 0.3 is 6.18 Å². The number of hydrogen-bond donors (Lipinski definition) is 2. The van der Waals surface area contributed by atoms with Crippen LogP contribution in [0.3, 0.4) is 0 Å². The van der Waals surface area contributed by atoms with Gasteiger partial charge in [-0.15, -0.1) is 0 Å². The Bertz CT molecular complexity index is 919. The predicted molar refractivity (Wildman–Crippen MR) is 95.7 cm³/mol. The van der Waals surface area contributed by atoms with Crippen LogP contribution in [0.4, 0.5) is 27.6 Å². The molecule has 29 heavy (non-hydrogen) atoms. The molecule has 0 fully saturated rings. The lowest BCUT2D eigenvalue weighted by molar-refractivity contribution is -0.198. The average molecular weight is 437 g/mol. The maximum atomic E-state index is 14.1. The molecule has 0 unspecified atom stereocenters. The van der Waals surface area contributed by atoms with Gasteiger partial charge in [0.15, 0.2) is 11.6 Å². The Balaban J connectivity index is 2.30. The summed E-state index contributed by atoms with van der Waals surface area (Å²) in [6.45, 7) is 0. The zero-order valence-electron chi connectivity index (χ0n) is 14.7. The standard InChI is InChI=1S/C17H14ClF5N4O2/c1-25-16(24)29-13(17(21,22)23)5-8-4-10(6-11(19)14(8)20)27-15(28)12-3-2-9(18)7-26-12/h2-4,6-7,13H,5H2,1H3,(H2,24,25)(H,27,28)/t13-/m0/s1. The van der Waals surface area contributed by atoms with Gasteiger partial charge in [-0.2, -0.15) is 13.2 Å². The van der Waals surface area contributed by atoms with Crippen molar-refractivity contribution >= 4 is 29.2 Å². The normalized spacial score (nSPS) is 13.1. The molecule has 1 amide bonds. The number of aromatic nitrogens is 1. The molecule has 156 valence electrons. The summed E-state index contributed by atoms with van der Waals surface area (Å²) in [6, 6.07) is 3.36. The van der Waals surface area contributed by atoms with Crippen molar-refractivity contribution in [2.75, 3.05) is 12.4 Å². The number of nitrogens with one attached hydrogen (secondary N) is 1. The molecule has 2 aromatic rings. The number of aliphatic imine (C=N–C) groups is 1. The summed E-state index contributed by atoms with van der Waals surface area (Å²) in [5, 5.41) is 2.50. The van der Waals surface area contributed by atoms with Crippen LogP contribution in [-0.2, 0) is 11.2 Å². The number of ether oxygens (including phenoxy) is 1. The molecule has 0 bridgehead atoms. The van der Waals surface area contributed by atoms with E-state index in [0.717, 1.165) is 13.1 Å². The number of pyridine rings is 1. The number of benzene rings is 1. The Labute approximate surface area is 166 Å². The van der Waals surface area contributed by atoms with Gasteiger partial charge in [0.1, 0.15) is 5.69 Å². The molecular formula is C17H14ClF5N4O2. The first-order chi connectivity index (χ1) is 13.5. The van der Waals surface area contributed by atoms with Crippen molar-refractivity contribution in [2.45, 2.75) is 18.7 Å². The second-order valence-electron chi connectivity index (χ2n) is 5.66. The van der Waals surface area contributed by atoms with Gasteiger partial charge in [0.2, 0.25) is 6.10 Å². The summed E-state index contributed by atoms with van der Waals surface area (Å²) in [4.78, 5) is 19.1. The quantitative estimate of drug-likeness (QED) is 0.425. The molecule has 0 aliphatic heterocycles. The van der Waals surface area contributed by atoms with E-state index in [1.165, 1.54) is 18.3 Å². The monoisotopic (exact) mass is 436 g/mol. The second-order valence-corrected chi connectivity index (χ2v) is 6.10. The first kappa shape index (κ1) is 22.3. The van der Waals surface area contributed by atoms with Crippen molar-refractivity contribution in [1.29, 1.82) is 0 Å². The van der Waals surface area contributed by atoms with Crippen molar-refractivity contribution < 1.29 is 31.5 Å². The fourth-order valence-corrected chi connectivity index (χ4v) is 2.31. The number of nitrogens with zero attached hydrogens (tertiary/aromatic N) is 2. The maximum absolute atomic E-state index is 14.1. The Hall–Kier alpha value is -2.95. The van der Waals surface area contributed by atoms with E-state index in [-0.39, 0.29) is 16.4 Å². The van der Waals surface area contributed by atoms with Gasteiger partial charge in [-0.1, -0.05) is 11.6 Å². The third-order valence-electron chi connectivity index (χ3n) is 3.58. The molecule has 0 radical (unpaired) electrons. The van der Waals surface area contributed by atoms with E-state index in [9.17, 15) is 26.7 Å². The average Bonchev–Trinajstić information content (AvgIpc) is 2.64. The van der Waals surface area contributed by atoms with Crippen LogP contribution in [0, 0.1) is 11.6 Å². The summed E-state index contributed by atoms with van der Waals surface area (Å²) in [7, 11) is 1.10. The highest BCUT2D eigenvalue weighted by molar-refractivity contribution is 6.30. The van der Waals surface area contributed by atoms with E-state index in [4.69, 9.17) is 17.3 Å². The van der Waals surface area contributed by atoms with Gasteiger partial charge < -0.3 is 15.8 Å². The topological polar surface area (TPSA) is 89.6 Å². The van der Waals surface area contributed by atoms with Crippen molar-refractivity contribution in [3.63, 3.8) is 0 Å². The molecule has 2 rings (SSSR count). The summed E-state index contributed by atoms with van der Waals surface area (Å²) >= 11 is 5.66. The van der Waals surface area contributed by atoms with E-state index in [0.29, 0.717) is 6.07 Å². The highest BCUT2D eigenvalue weighted by atomic mass is 35.5. The number of halogens is 6. The first-order valence-corrected chi connectivity index (χ1v) is 8.25. The summed E-state index contributed by atoms with van der Waals surface area (Å²) in [5.41, 5.74) is 4.09. The van der Waals surface area contributed by atoms with Gasteiger partial charge in [-0.3, -0.25) is 4.79 Å². The minimum atomic E-state index is -4.94. The van der Waals surface area contributed by atoms with Crippen molar-refractivity contribution in [1.82, 2.24) is 4.98 Å². The molecule has 0 spiro atoms. The van der Waals surface area contributed by atoms with Crippen LogP contribution in [0.5, 0.6) is 0 Å². The molecular weight excluding hydrogens is 423 g/mol. The van der Waals surface area contributed by atoms with Gasteiger partial charge in [0.05, 0.1) is 5.02 Å². The van der Waals surface area contributed by atoms with Crippen LogP contribution in [0.25, 0.3) is 0 Å². The SMILES string of the molecule is CN=C(N)O[C@@H](Cc1cc(NC(=O)c2ccc(Cl)cn2)cc(F)c1F)C(F)(F)F. The van der Waals surface area contributed by atoms with Crippen LogP contribution in [0.2, 0.25) is 5.02 Å². The van der Waals surface area contributed by atoms with Gasteiger partial charge in [0, 0.05) is 31.4 Å². The Morgan fingerprint density at radius 3 is 2.59 bits per heavy atom. The first-order valence-electron chi connectivity index (χ1n) is 7.87. The fraction of sp³-hybridized carbons (Fsp3) is 0.235. The lowest BCUT2D eigenvalue weighted by Crippen LogP contribution is -2.38. The number of alkyl halides is 3. The molecule has 0 saturated carbocycles. The van der Waals surface area contributed by atoms with E-state index in [1.54, 1.807) is 0 Å². The van der Waals surface area contributed by atoms with Crippen LogP contribution in [-0.4, -0.2) is 36.2 Å². The molecule has 0 aliphatic carbocycles. The van der Waals surface area contributed by atoms with E-state index < -0.39 is 47.8 Å². The number of rotatable bonds is 5. The second kappa shape index (κ2) is 9.03. The predicted octanol–water partition coefficient (Wildman–Crippen LogP) is 3.70. The Kier molecular flexibility index (Phi) is 6.96. The number of carbonyl (C=O) groups is 1. The number of nitrogens with two attached hydrogens (primary N) is 1. The van der Waals surface area contributed by atoms with Crippen LogP contribution in [0.1, 0.15) is 16.1 Å². The molecule has 1 atom stereocenters. The summed E-state index contributed by atoms with van der Waals surface area (Å²) in [5.74, 6) is -3.78. The van der Waals surface area contributed by atoms with E-state index in [1.807, 2.05) is 0 Å². The highest BCUT2D eigenvalue weighted by Gasteiger charge is 2.43. The zero-order valence-corrected chi connectivity index (χ0v) is 15.5. The zero-order chi connectivity index (χ0) is 21.8. The molecule has 1 aromatic carbocycles. The summed E-state index contributed by atoms with van der Waals surface area (Å²) in [6.07, 6.45) is -7.43. The highest BCUT2D eigenvalue weighted by Crippen LogP contribution is 2.29. The number of amidine groups is 1. The van der Waals surface area contributed by atoms with Gasteiger partial charge in [-0.05, 0) is 23.8 Å². The third kappa shape index (κ3) is 6.01. The molecule has 1 heterocycles. The van der Waals surface area contributed by atoms with Gasteiger partial charge in [-0.25, -0.2) is 18.8 Å². The minimum Gasteiger partial charge on any atom is -0.452 e. The number of carbonyl (C=O) groups excluding carboxylic acids is 1. The van der Waals surface area contributed by atoms with Crippen LogP contribution < -0.4 is 11.1 Å². The largest absolute Gasteiger partial charge is 0.452 e. The smallest absolute Gasteiger partial charge is 0.425 e. The molecule has 6 nitrogen and oxygen atoms in total. The molecule has 3 N–H and O–H groups in total. The summed E-state index contributed by atoms with van der Waals surface area (Å²) < 4.78 is 71.9. The molecule has 1 aromatic heterocycles. The number of anilines is 1. The lowest BCUT2D eigenvalue weighted by Gasteiger charge is -2.21. The van der Waals surface area contributed by atoms with Crippen LogP contribution >= 0.6 is 11.6 Å².